The average molecular weight is 335 g/mol. The highest BCUT2D eigenvalue weighted by Crippen LogP contribution is 2.22. The highest BCUT2D eigenvalue weighted by Gasteiger charge is 2.11. The van der Waals surface area contributed by atoms with Crippen molar-refractivity contribution in [1.82, 2.24) is 10.1 Å². The van der Waals surface area contributed by atoms with Crippen LogP contribution >= 0.6 is 0 Å². The van der Waals surface area contributed by atoms with Gasteiger partial charge in [0, 0.05) is 29.6 Å². The molecule has 2 aromatic heterocycles. The summed E-state index contributed by atoms with van der Waals surface area (Å²) in [6.07, 6.45) is 2.82. The van der Waals surface area contributed by atoms with E-state index in [0.717, 1.165) is 39.5 Å². The first-order valence-corrected chi connectivity index (χ1v) is 8.27. The van der Waals surface area contributed by atoms with Gasteiger partial charge >= 0.3 is 0 Å². The van der Waals surface area contributed by atoms with Crippen LogP contribution in [0, 0.1) is 20.8 Å². The van der Waals surface area contributed by atoms with Crippen molar-refractivity contribution in [2.24, 2.45) is 0 Å². The third-order valence-electron chi connectivity index (χ3n) is 4.18. The quantitative estimate of drug-likeness (QED) is 0.757. The molecule has 0 fully saturated rings. The Balaban J connectivity index is 1.60. The molecule has 3 aromatic rings. The van der Waals surface area contributed by atoms with Gasteiger partial charge in [-0.2, -0.15) is 0 Å². The molecule has 0 atom stereocenters. The fraction of sp³-hybridized carbons (Fsp3) is 0.250. The molecule has 3 rings (SSSR count). The fourth-order valence-electron chi connectivity index (χ4n) is 2.79. The lowest BCUT2D eigenvalue weighted by Crippen LogP contribution is -2.12. The average Bonchev–Trinajstić information content (AvgIpc) is 2.92. The molecule has 2 heterocycles. The summed E-state index contributed by atoms with van der Waals surface area (Å²) in [6.45, 7) is 5.73. The molecule has 1 N–H and O–H groups in total. The predicted octanol–water partition coefficient (Wildman–Crippen LogP) is 4.23. The number of hydrogen-bond donors (Lipinski definition) is 1. The van der Waals surface area contributed by atoms with Gasteiger partial charge in [0.1, 0.15) is 5.76 Å². The summed E-state index contributed by atoms with van der Waals surface area (Å²) >= 11 is 0. The van der Waals surface area contributed by atoms with Crippen molar-refractivity contribution in [3.05, 3.63) is 65.3 Å². The maximum Gasteiger partial charge on any atom is 0.224 e. The van der Waals surface area contributed by atoms with Crippen LogP contribution in [0.2, 0.25) is 0 Å². The molecule has 0 aliphatic rings. The molecule has 128 valence electrons. The molecule has 0 spiro atoms. The number of carbonyl (C=O) groups excluding carboxylic acids is 1. The zero-order chi connectivity index (χ0) is 17.8. The Hall–Kier alpha value is -2.95. The number of rotatable bonds is 5. The molecule has 1 amide bonds. The lowest BCUT2D eigenvalue weighted by atomic mass is 10.1. The van der Waals surface area contributed by atoms with Crippen LogP contribution in [0.25, 0.3) is 11.1 Å². The highest BCUT2D eigenvalue weighted by molar-refractivity contribution is 5.91. The van der Waals surface area contributed by atoms with Crippen molar-refractivity contribution in [2.45, 2.75) is 33.6 Å². The van der Waals surface area contributed by atoms with Crippen LogP contribution in [0.5, 0.6) is 0 Å². The van der Waals surface area contributed by atoms with Gasteiger partial charge < -0.3 is 9.84 Å². The number of pyridine rings is 1. The van der Waals surface area contributed by atoms with Gasteiger partial charge in [-0.15, -0.1) is 0 Å². The predicted molar refractivity (Wildman–Crippen MR) is 97.3 cm³/mol. The van der Waals surface area contributed by atoms with Crippen LogP contribution in [-0.2, 0) is 11.2 Å². The number of nitrogens with zero attached hydrogens (tertiary/aromatic N) is 2. The molecule has 0 aliphatic carbocycles. The Morgan fingerprint density at radius 1 is 1.08 bits per heavy atom. The van der Waals surface area contributed by atoms with Crippen molar-refractivity contribution in [3.8, 4) is 11.1 Å². The smallest absolute Gasteiger partial charge is 0.224 e. The second-order valence-corrected chi connectivity index (χ2v) is 6.11. The standard InChI is InChI=1S/C20H21N3O2/c1-13-12-17(10-11-21-13)16-4-6-18(7-5-16)22-20(24)9-8-19-14(2)23-25-15(19)3/h4-7,10-12H,8-9H2,1-3H3,(H,22,24). The summed E-state index contributed by atoms with van der Waals surface area (Å²) in [5.74, 6) is 0.759. The zero-order valence-corrected chi connectivity index (χ0v) is 14.7. The van der Waals surface area contributed by atoms with Crippen molar-refractivity contribution in [1.29, 1.82) is 0 Å². The number of amides is 1. The van der Waals surface area contributed by atoms with E-state index in [1.165, 1.54) is 0 Å². The summed E-state index contributed by atoms with van der Waals surface area (Å²) in [6, 6.07) is 11.8. The van der Waals surface area contributed by atoms with Gasteiger partial charge in [-0.25, -0.2) is 0 Å². The maximum atomic E-state index is 12.2. The molecule has 0 aliphatic heterocycles. The zero-order valence-electron chi connectivity index (χ0n) is 14.7. The minimum Gasteiger partial charge on any atom is -0.361 e. The Morgan fingerprint density at radius 2 is 1.84 bits per heavy atom. The minimum atomic E-state index is -0.0208. The summed E-state index contributed by atoms with van der Waals surface area (Å²) < 4.78 is 5.12. The monoisotopic (exact) mass is 335 g/mol. The van der Waals surface area contributed by atoms with E-state index in [-0.39, 0.29) is 5.91 Å². The van der Waals surface area contributed by atoms with Gasteiger partial charge in [0.2, 0.25) is 5.91 Å². The van der Waals surface area contributed by atoms with E-state index >= 15 is 0 Å². The molecule has 0 unspecified atom stereocenters. The SMILES string of the molecule is Cc1cc(-c2ccc(NC(=O)CCc3c(C)noc3C)cc2)ccn1. The fourth-order valence-corrected chi connectivity index (χ4v) is 2.79. The topological polar surface area (TPSA) is 68.0 Å². The number of aromatic nitrogens is 2. The number of aryl methyl sites for hydroxylation is 3. The summed E-state index contributed by atoms with van der Waals surface area (Å²) in [5, 5.41) is 6.84. The molecular formula is C20H21N3O2. The first-order valence-electron chi connectivity index (χ1n) is 8.27. The number of nitrogens with one attached hydrogen (secondary N) is 1. The van der Waals surface area contributed by atoms with Gasteiger partial charge in [-0.3, -0.25) is 9.78 Å². The molecule has 5 heteroatoms. The number of carbonyl (C=O) groups is 1. The van der Waals surface area contributed by atoms with Crippen molar-refractivity contribution < 1.29 is 9.32 Å². The van der Waals surface area contributed by atoms with Crippen LogP contribution < -0.4 is 5.32 Å². The van der Waals surface area contributed by atoms with Crippen molar-refractivity contribution in [2.75, 3.05) is 5.32 Å². The molecule has 0 saturated carbocycles. The lowest BCUT2D eigenvalue weighted by molar-refractivity contribution is -0.116. The number of hydrogen-bond acceptors (Lipinski definition) is 4. The minimum absolute atomic E-state index is 0.0208. The Bertz CT molecular complexity index is 863. The van der Waals surface area contributed by atoms with Crippen LogP contribution in [0.15, 0.2) is 47.1 Å². The molecular weight excluding hydrogens is 314 g/mol. The number of anilines is 1. The van der Waals surface area contributed by atoms with Gasteiger partial charge in [0.25, 0.3) is 0 Å². The molecule has 0 saturated heterocycles. The Kier molecular flexibility index (Phi) is 4.93. The highest BCUT2D eigenvalue weighted by atomic mass is 16.5. The third-order valence-corrected chi connectivity index (χ3v) is 4.18. The van der Waals surface area contributed by atoms with Gasteiger partial charge in [-0.1, -0.05) is 17.3 Å². The van der Waals surface area contributed by atoms with E-state index in [1.807, 2.05) is 57.2 Å². The largest absolute Gasteiger partial charge is 0.361 e. The molecule has 25 heavy (non-hydrogen) atoms. The molecule has 0 radical (unpaired) electrons. The van der Waals surface area contributed by atoms with E-state index in [9.17, 15) is 4.79 Å². The number of benzene rings is 1. The van der Waals surface area contributed by atoms with Crippen LogP contribution in [0.1, 0.15) is 29.1 Å². The van der Waals surface area contributed by atoms with Crippen LogP contribution in [0.3, 0.4) is 0 Å². The second kappa shape index (κ2) is 7.30. The van der Waals surface area contributed by atoms with Crippen molar-refractivity contribution in [3.63, 3.8) is 0 Å². The van der Waals surface area contributed by atoms with Crippen molar-refractivity contribution >= 4 is 11.6 Å². The Morgan fingerprint density at radius 3 is 2.48 bits per heavy atom. The van der Waals surface area contributed by atoms with Gasteiger partial charge in [0.15, 0.2) is 0 Å². The van der Waals surface area contributed by atoms with E-state index in [4.69, 9.17) is 4.52 Å². The first kappa shape index (κ1) is 16.9. The van der Waals surface area contributed by atoms with E-state index in [0.29, 0.717) is 12.8 Å². The Labute approximate surface area is 147 Å². The van der Waals surface area contributed by atoms with E-state index in [2.05, 4.69) is 15.5 Å². The van der Waals surface area contributed by atoms with Gasteiger partial charge in [-0.05, 0) is 62.6 Å². The van der Waals surface area contributed by atoms with Crippen LogP contribution in [0.4, 0.5) is 5.69 Å². The molecule has 0 bridgehead atoms. The summed E-state index contributed by atoms with van der Waals surface area (Å²) in [5.41, 5.74) is 5.84. The second-order valence-electron chi connectivity index (χ2n) is 6.11. The third kappa shape index (κ3) is 4.12. The van der Waals surface area contributed by atoms with Gasteiger partial charge in [0.05, 0.1) is 5.69 Å². The van der Waals surface area contributed by atoms with E-state index in [1.54, 1.807) is 6.20 Å². The molecule has 1 aromatic carbocycles. The molecule has 5 nitrogen and oxygen atoms in total. The van der Waals surface area contributed by atoms with E-state index < -0.39 is 0 Å². The summed E-state index contributed by atoms with van der Waals surface area (Å²) in [4.78, 5) is 16.4. The maximum absolute atomic E-state index is 12.2. The normalized spacial score (nSPS) is 10.7. The first-order chi connectivity index (χ1) is 12.0. The van der Waals surface area contributed by atoms with Crippen LogP contribution in [-0.4, -0.2) is 16.0 Å². The lowest BCUT2D eigenvalue weighted by Gasteiger charge is -2.07. The summed E-state index contributed by atoms with van der Waals surface area (Å²) in [7, 11) is 0.